The number of likely N-dealkylation sites (tertiary alicyclic amines) is 2. The van der Waals surface area contributed by atoms with Gasteiger partial charge in [0.2, 0.25) is 0 Å². The van der Waals surface area contributed by atoms with Gasteiger partial charge in [-0.15, -0.1) is 0 Å². The summed E-state index contributed by atoms with van der Waals surface area (Å²) in [5.41, 5.74) is 2.10. The lowest BCUT2D eigenvalue weighted by Crippen LogP contribution is -2.57. The maximum absolute atomic E-state index is 12.8. The van der Waals surface area contributed by atoms with Gasteiger partial charge in [0.25, 0.3) is 5.89 Å². The lowest BCUT2D eigenvalue weighted by atomic mass is 9.84. The Morgan fingerprint density at radius 3 is 2.83 bits per heavy atom. The fraction of sp³-hybridized carbons (Fsp3) is 0.591. The normalized spacial score (nSPS) is 22.3. The molecule has 2 aliphatic heterocycles. The van der Waals surface area contributed by atoms with Crippen LogP contribution in [0.5, 0.6) is 0 Å². The molecule has 2 aliphatic rings. The Morgan fingerprint density at radius 1 is 1.24 bits per heavy atom. The van der Waals surface area contributed by atoms with Gasteiger partial charge in [-0.2, -0.15) is 4.98 Å². The summed E-state index contributed by atoms with van der Waals surface area (Å²) in [6.45, 7) is 5.72. The van der Waals surface area contributed by atoms with Crippen LogP contribution in [0.25, 0.3) is 11.5 Å². The van der Waals surface area contributed by atoms with Gasteiger partial charge in [-0.3, -0.25) is 0 Å². The first kappa shape index (κ1) is 19.9. The molecule has 29 heavy (non-hydrogen) atoms. The van der Waals surface area contributed by atoms with E-state index in [0.29, 0.717) is 24.4 Å². The summed E-state index contributed by atoms with van der Waals surface area (Å²) in [6.07, 6.45) is 5.01. The first-order valence-electron chi connectivity index (χ1n) is 10.8. The highest BCUT2D eigenvalue weighted by molar-refractivity contribution is 5.74. The van der Waals surface area contributed by atoms with Gasteiger partial charge in [-0.1, -0.05) is 24.2 Å². The Labute approximate surface area is 172 Å². The fourth-order valence-electron chi connectivity index (χ4n) is 4.58. The Hall–Kier alpha value is -2.41. The number of carbonyl (C=O) groups excluding carboxylic acids is 1. The Morgan fingerprint density at radius 2 is 2.07 bits per heavy atom. The van der Waals surface area contributed by atoms with E-state index in [9.17, 15) is 4.79 Å². The zero-order chi connectivity index (χ0) is 20.2. The van der Waals surface area contributed by atoms with Gasteiger partial charge in [-0.05, 0) is 62.9 Å². The molecule has 2 atom stereocenters. The van der Waals surface area contributed by atoms with Gasteiger partial charge >= 0.3 is 6.03 Å². The summed E-state index contributed by atoms with van der Waals surface area (Å²) in [6, 6.07) is 8.62. The van der Waals surface area contributed by atoms with Gasteiger partial charge in [0.1, 0.15) is 0 Å². The van der Waals surface area contributed by atoms with E-state index in [1.165, 1.54) is 12.0 Å². The number of hydrogen-bond donors (Lipinski definition) is 1. The number of piperidine rings is 2. The number of hydrogen-bond acceptors (Lipinski definition) is 5. The molecule has 0 radical (unpaired) electrons. The zero-order valence-corrected chi connectivity index (χ0v) is 17.4. The molecule has 7 nitrogen and oxygen atoms in total. The van der Waals surface area contributed by atoms with Gasteiger partial charge in [0.15, 0.2) is 5.82 Å². The van der Waals surface area contributed by atoms with Crippen molar-refractivity contribution in [3.8, 4) is 11.5 Å². The molecule has 2 amide bonds. The van der Waals surface area contributed by atoms with E-state index in [-0.39, 0.29) is 6.03 Å². The van der Waals surface area contributed by atoms with Gasteiger partial charge in [-0.25, -0.2) is 4.79 Å². The molecule has 2 unspecified atom stereocenters. The number of carbonyl (C=O) groups is 1. The third-order valence-electron chi connectivity index (χ3n) is 6.21. The molecular weight excluding hydrogens is 366 g/mol. The van der Waals surface area contributed by atoms with Crippen LogP contribution in [0.2, 0.25) is 0 Å². The van der Waals surface area contributed by atoms with Crippen molar-refractivity contribution in [2.24, 2.45) is 5.92 Å². The minimum atomic E-state index is 0.0961. The van der Waals surface area contributed by atoms with Crippen molar-refractivity contribution in [2.75, 3.05) is 33.2 Å². The van der Waals surface area contributed by atoms with Gasteiger partial charge < -0.3 is 19.6 Å². The molecule has 1 N–H and O–H groups in total. The average Bonchev–Trinajstić information content (AvgIpc) is 3.23. The molecule has 2 saturated heterocycles. The van der Waals surface area contributed by atoms with Gasteiger partial charge in [0, 0.05) is 37.7 Å². The van der Waals surface area contributed by atoms with Crippen LogP contribution in [0.3, 0.4) is 0 Å². The smallest absolute Gasteiger partial charge is 0.317 e. The van der Waals surface area contributed by atoms with E-state index in [4.69, 9.17) is 4.52 Å². The fourth-order valence-corrected chi connectivity index (χ4v) is 4.58. The number of aryl methyl sites for hydroxylation is 1. The molecule has 3 heterocycles. The zero-order valence-electron chi connectivity index (χ0n) is 17.4. The van der Waals surface area contributed by atoms with Crippen molar-refractivity contribution < 1.29 is 9.32 Å². The van der Waals surface area contributed by atoms with Crippen molar-refractivity contribution in [3.63, 3.8) is 0 Å². The standard InChI is InChI=1S/C22H31N5O2/c1-3-20-24-21(29-25-20)17-8-6-16(7-9-17)10-12-23-22(28)27-13-4-5-18-15-26(2)14-11-19(18)27/h6-9,18-19H,3-5,10-15H2,1-2H3,(H,23,28). The highest BCUT2D eigenvalue weighted by Gasteiger charge is 2.37. The lowest BCUT2D eigenvalue weighted by molar-refractivity contribution is 0.0534. The molecular formula is C22H31N5O2. The molecule has 0 saturated carbocycles. The Bertz CT molecular complexity index is 819. The Kier molecular flexibility index (Phi) is 6.13. The summed E-state index contributed by atoms with van der Waals surface area (Å²) in [5, 5.41) is 7.07. The second-order valence-corrected chi connectivity index (χ2v) is 8.26. The monoisotopic (exact) mass is 397 g/mol. The molecule has 1 aromatic heterocycles. The number of nitrogens with zero attached hydrogens (tertiary/aromatic N) is 4. The van der Waals surface area contributed by atoms with Crippen LogP contribution >= 0.6 is 0 Å². The van der Waals surface area contributed by atoms with Crippen molar-refractivity contribution >= 4 is 6.03 Å². The minimum Gasteiger partial charge on any atom is -0.338 e. The first-order valence-corrected chi connectivity index (χ1v) is 10.8. The second kappa shape index (κ2) is 8.95. The maximum atomic E-state index is 12.8. The van der Waals surface area contributed by atoms with Crippen LogP contribution in [-0.2, 0) is 12.8 Å². The summed E-state index contributed by atoms with van der Waals surface area (Å²) in [7, 11) is 2.18. The van der Waals surface area contributed by atoms with E-state index in [1.54, 1.807) is 0 Å². The molecule has 2 aromatic rings. The third-order valence-corrected chi connectivity index (χ3v) is 6.21. The van der Waals surface area contributed by atoms with E-state index >= 15 is 0 Å². The topological polar surface area (TPSA) is 74.5 Å². The second-order valence-electron chi connectivity index (χ2n) is 8.26. The number of nitrogens with one attached hydrogen (secondary N) is 1. The number of rotatable bonds is 5. The van der Waals surface area contributed by atoms with Crippen LogP contribution in [0, 0.1) is 5.92 Å². The van der Waals surface area contributed by atoms with Gasteiger partial charge in [0.05, 0.1) is 0 Å². The summed E-state index contributed by atoms with van der Waals surface area (Å²) >= 11 is 0. The number of fused-ring (bicyclic) bond motifs is 1. The molecule has 0 bridgehead atoms. The predicted molar refractivity (Wildman–Crippen MR) is 112 cm³/mol. The Balaban J connectivity index is 1.28. The van der Waals surface area contributed by atoms with Crippen LogP contribution in [0.1, 0.15) is 37.6 Å². The number of urea groups is 1. The van der Waals surface area contributed by atoms with Crippen molar-refractivity contribution in [3.05, 3.63) is 35.7 Å². The van der Waals surface area contributed by atoms with Crippen LogP contribution in [-0.4, -0.2) is 65.2 Å². The lowest BCUT2D eigenvalue weighted by Gasteiger charge is -2.46. The average molecular weight is 398 g/mol. The van der Waals surface area contributed by atoms with E-state index < -0.39 is 0 Å². The van der Waals surface area contributed by atoms with Crippen molar-refractivity contribution in [1.82, 2.24) is 25.3 Å². The molecule has 4 rings (SSSR count). The molecule has 0 spiro atoms. The number of aromatic nitrogens is 2. The van der Waals surface area contributed by atoms with Crippen LogP contribution in [0.4, 0.5) is 4.79 Å². The summed E-state index contributed by atoms with van der Waals surface area (Å²) in [5.74, 6) is 1.90. The maximum Gasteiger partial charge on any atom is 0.317 e. The molecule has 7 heteroatoms. The van der Waals surface area contributed by atoms with E-state index in [0.717, 1.165) is 56.7 Å². The van der Waals surface area contributed by atoms with Crippen molar-refractivity contribution in [2.45, 2.75) is 45.1 Å². The first-order chi connectivity index (χ1) is 14.1. The summed E-state index contributed by atoms with van der Waals surface area (Å²) < 4.78 is 5.28. The molecule has 1 aromatic carbocycles. The van der Waals surface area contributed by atoms with Crippen molar-refractivity contribution in [1.29, 1.82) is 0 Å². The number of benzene rings is 1. The van der Waals surface area contributed by atoms with E-state index in [1.807, 2.05) is 19.1 Å². The summed E-state index contributed by atoms with van der Waals surface area (Å²) in [4.78, 5) is 21.6. The highest BCUT2D eigenvalue weighted by atomic mass is 16.5. The SMILES string of the molecule is CCc1noc(-c2ccc(CCNC(=O)N3CCCC4CN(C)CCC43)cc2)n1. The number of amides is 2. The third kappa shape index (κ3) is 4.61. The molecule has 2 fully saturated rings. The van der Waals surface area contributed by atoms with Crippen LogP contribution < -0.4 is 5.32 Å². The quantitative estimate of drug-likeness (QED) is 0.840. The van der Waals surface area contributed by atoms with E-state index in [2.05, 4.69) is 44.4 Å². The largest absolute Gasteiger partial charge is 0.338 e. The van der Waals surface area contributed by atoms with Crippen LogP contribution in [0.15, 0.2) is 28.8 Å². The molecule has 0 aliphatic carbocycles. The molecule has 156 valence electrons. The highest BCUT2D eigenvalue weighted by Crippen LogP contribution is 2.30. The predicted octanol–water partition coefficient (Wildman–Crippen LogP) is 2.97. The minimum absolute atomic E-state index is 0.0961.